The molecule has 1 atom stereocenters. The molecule has 1 aliphatic rings. The predicted molar refractivity (Wildman–Crippen MR) is 106 cm³/mol. The Morgan fingerprint density at radius 2 is 1.76 bits per heavy atom. The van der Waals surface area contributed by atoms with Gasteiger partial charge in [0.15, 0.2) is 11.5 Å². The van der Waals surface area contributed by atoms with Crippen molar-refractivity contribution in [3.63, 3.8) is 0 Å². The summed E-state index contributed by atoms with van der Waals surface area (Å²) < 4.78 is 19.8. The molecule has 0 fully saturated rings. The van der Waals surface area contributed by atoms with E-state index < -0.39 is 29.3 Å². The van der Waals surface area contributed by atoms with Crippen LogP contribution in [0.3, 0.4) is 0 Å². The number of hydrogen-bond donors (Lipinski definition) is 1. The number of rotatable bonds is 4. The van der Waals surface area contributed by atoms with Gasteiger partial charge in [0, 0.05) is 21.3 Å². The number of ketones is 1. The lowest BCUT2D eigenvalue weighted by Crippen LogP contribution is -2.31. The van der Waals surface area contributed by atoms with Crippen LogP contribution in [-0.4, -0.2) is 16.8 Å². The van der Waals surface area contributed by atoms with Crippen molar-refractivity contribution in [3.8, 4) is 0 Å². The van der Waals surface area contributed by atoms with Crippen molar-refractivity contribution in [2.75, 3.05) is 4.90 Å². The standard InChI is InChI=1S/C21H12Cl2FNO4/c22-11-8-12(23)10-13(9-11)25-18(14-4-1-2-5-15(14)24)17(20(27)21(25)28)19(26)16-6-3-7-29-16/h1-10,18,27H. The Morgan fingerprint density at radius 1 is 1.07 bits per heavy atom. The highest BCUT2D eigenvalue weighted by atomic mass is 35.5. The Labute approximate surface area is 174 Å². The molecule has 0 saturated carbocycles. The zero-order valence-corrected chi connectivity index (χ0v) is 16.1. The van der Waals surface area contributed by atoms with Crippen molar-refractivity contribution in [1.82, 2.24) is 0 Å². The van der Waals surface area contributed by atoms with Gasteiger partial charge in [0.05, 0.1) is 17.9 Å². The molecule has 4 rings (SSSR count). The number of amides is 1. The van der Waals surface area contributed by atoms with E-state index >= 15 is 0 Å². The Balaban J connectivity index is 1.94. The third kappa shape index (κ3) is 3.30. The van der Waals surface area contributed by atoms with E-state index in [-0.39, 0.29) is 32.6 Å². The largest absolute Gasteiger partial charge is 0.503 e. The van der Waals surface area contributed by atoms with Crippen LogP contribution >= 0.6 is 23.2 Å². The summed E-state index contributed by atoms with van der Waals surface area (Å²) in [4.78, 5) is 27.0. The average Bonchev–Trinajstić information content (AvgIpc) is 3.29. The molecular weight excluding hydrogens is 420 g/mol. The van der Waals surface area contributed by atoms with Gasteiger partial charge in [0.1, 0.15) is 5.82 Å². The predicted octanol–water partition coefficient (Wildman–Crippen LogP) is 5.51. The normalized spacial score (nSPS) is 16.6. The number of Topliss-reactive ketones (excluding diaryl/α,β-unsaturated/α-hetero) is 1. The summed E-state index contributed by atoms with van der Waals surface area (Å²) in [5.74, 6) is -3.15. The van der Waals surface area contributed by atoms with Gasteiger partial charge < -0.3 is 9.52 Å². The van der Waals surface area contributed by atoms with Crippen LogP contribution in [0.4, 0.5) is 10.1 Å². The van der Waals surface area contributed by atoms with Crippen LogP contribution < -0.4 is 4.90 Å². The Hall–Kier alpha value is -3.09. The topological polar surface area (TPSA) is 70.8 Å². The van der Waals surface area contributed by atoms with Gasteiger partial charge >= 0.3 is 0 Å². The van der Waals surface area contributed by atoms with Gasteiger partial charge in [0.25, 0.3) is 5.91 Å². The summed E-state index contributed by atoms with van der Waals surface area (Å²) in [6.45, 7) is 0. The van der Waals surface area contributed by atoms with Crippen molar-refractivity contribution in [3.05, 3.63) is 99.4 Å². The number of anilines is 1. The first-order valence-corrected chi connectivity index (χ1v) is 9.19. The summed E-state index contributed by atoms with van der Waals surface area (Å²) in [5, 5.41) is 11.0. The lowest BCUT2D eigenvalue weighted by molar-refractivity contribution is -0.117. The zero-order valence-electron chi connectivity index (χ0n) is 14.6. The zero-order chi connectivity index (χ0) is 20.7. The van der Waals surface area contributed by atoms with Gasteiger partial charge in [-0.1, -0.05) is 41.4 Å². The minimum Gasteiger partial charge on any atom is -0.503 e. The maximum Gasteiger partial charge on any atom is 0.294 e. The molecule has 2 aromatic carbocycles. The molecule has 1 aliphatic heterocycles. The van der Waals surface area contributed by atoms with E-state index in [0.29, 0.717) is 0 Å². The Kier molecular flexibility index (Phi) is 4.90. The summed E-state index contributed by atoms with van der Waals surface area (Å²) in [5.41, 5.74) is -0.0726. The monoisotopic (exact) mass is 431 g/mol. The molecule has 8 heteroatoms. The van der Waals surface area contributed by atoms with Crippen molar-refractivity contribution >= 4 is 40.6 Å². The molecule has 29 heavy (non-hydrogen) atoms. The first-order chi connectivity index (χ1) is 13.9. The molecule has 0 spiro atoms. The van der Waals surface area contributed by atoms with E-state index in [1.807, 2.05) is 0 Å². The number of furan rings is 1. The SMILES string of the molecule is O=C(C1=C(O)C(=O)N(c2cc(Cl)cc(Cl)c2)C1c1ccccc1F)c1ccco1. The fourth-order valence-electron chi connectivity index (χ4n) is 3.31. The number of aliphatic hydroxyl groups is 1. The first-order valence-electron chi connectivity index (χ1n) is 8.44. The third-order valence-corrected chi connectivity index (χ3v) is 4.96. The first kappa shape index (κ1) is 19.2. The van der Waals surface area contributed by atoms with Crippen molar-refractivity contribution in [2.24, 2.45) is 0 Å². The second kappa shape index (κ2) is 7.39. The maximum absolute atomic E-state index is 14.7. The average molecular weight is 432 g/mol. The fraction of sp³-hybridized carbons (Fsp3) is 0.0476. The second-order valence-corrected chi connectivity index (χ2v) is 7.17. The molecule has 146 valence electrons. The lowest BCUT2D eigenvalue weighted by Gasteiger charge is -2.27. The number of carbonyl (C=O) groups excluding carboxylic acids is 2. The highest BCUT2D eigenvalue weighted by molar-refractivity contribution is 6.35. The summed E-state index contributed by atoms with van der Waals surface area (Å²) in [7, 11) is 0. The molecule has 1 amide bonds. The van der Waals surface area contributed by atoms with Gasteiger partial charge in [-0.2, -0.15) is 0 Å². The van der Waals surface area contributed by atoms with E-state index in [9.17, 15) is 19.1 Å². The molecule has 0 saturated heterocycles. The van der Waals surface area contributed by atoms with Crippen LogP contribution in [0, 0.1) is 5.82 Å². The summed E-state index contributed by atoms with van der Waals surface area (Å²) in [6, 6.07) is 11.7. The van der Waals surface area contributed by atoms with Crippen molar-refractivity contribution in [1.29, 1.82) is 0 Å². The highest BCUT2D eigenvalue weighted by Crippen LogP contribution is 2.43. The Morgan fingerprint density at radius 3 is 2.38 bits per heavy atom. The van der Waals surface area contributed by atoms with Crippen LogP contribution in [0.25, 0.3) is 0 Å². The van der Waals surface area contributed by atoms with Crippen LogP contribution in [0.5, 0.6) is 0 Å². The van der Waals surface area contributed by atoms with Crippen LogP contribution in [-0.2, 0) is 4.79 Å². The number of aliphatic hydroxyl groups excluding tert-OH is 1. The van der Waals surface area contributed by atoms with E-state index in [0.717, 1.165) is 4.90 Å². The summed E-state index contributed by atoms with van der Waals surface area (Å²) in [6.07, 6.45) is 1.29. The highest BCUT2D eigenvalue weighted by Gasteiger charge is 2.46. The maximum atomic E-state index is 14.7. The van der Waals surface area contributed by atoms with Crippen molar-refractivity contribution < 1.29 is 23.5 Å². The van der Waals surface area contributed by atoms with Gasteiger partial charge in [-0.05, 0) is 36.4 Å². The Bertz CT molecular complexity index is 1140. The molecule has 2 heterocycles. The molecule has 0 bridgehead atoms. The lowest BCUT2D eigenvalue weighted by atomic mass is 9.94. The summed E-state index contributed by atoms with van der Waals surface area (Å²) >= 11 is 12.1. The minimum atomic E-state index is -1.24. The van der Waals surface area contributed by atoms with E-state index in [1.165, 1.54) is 54.8 Å². The molecule has 0 aliphatic carbocycles. The number of benzene rings is 2. The fourth-order valence-corrected chi connectivity index (χ4v) is 3.83. The molecule has 1 N–H and O–H groups in total. The third-order valence-electron chi connectivity index (χ3n) is 4.52. The molecule has 0 radical (unpaired) electrons. The van der Waals surface area contributed by atoms with E-state index in [1.54, 1.807) is 6.07 Å². The smallest absolute Gasteiger partial charge is 0.294 e. The van der Waals surface area contributed by atoms with E-state index in [2.05, 4.69) is 0 Å². The van der Waals surface area contributed by atoms with E-state index in [4.69, 9.17) is 27.6 Å². The molecule has 1 unspecified atom stereocenters. The van der Waals surface area contributed by atoms with Crippen LogP contribution in [0.15, 0.2) is 76.6 Å². The minimum absolute atomic E-state index is 0.0240. The van der Waals surface area contributed by atoms with Crippen LogP contribution in [0.1, 0.15) is 22.2 Å². The number of halogens is 3. The molecule has 5 nitrogen and oxygen atoms in total. The number of hydrogen-bond acceptors (Lipinski definition) is 4. The molecular formula is C21H12Cl2FNO4. The van der Waals surface area contributed by atoms with Gasteiger partial charge in [-0.15, -0.1) is 0 Å². The van der Waals surface area contributed by atoms with Gasteiger partial charge in [0.2, 0.25) is 5.78 Å². The number of nitrogens with zero attached hydrogens (tertiary/aromatic N) is 1. The van der Waals surface area contributed by atoms with Crippen molar-refractivity contribution in [2.45, 2.75) is 6.04 Å². The number of carbonyl (C=O) groups is 2. The van der Waals surface area contributed by atoms with Crippen LogP contribution in [0.2, 0.25) is 10.0 Å². The quantitative estimate of drug-likeness (QED) is 0.552. The van der Waals surface area contributed by atoms with Gasteiger partial charge in [-0.25, -0.2) is 4.39 Å². The molecule has 1 aromatic heterocycles. The van der Waals surface area contributed by atoms with Gasteiger partial charge in [-0.3, -0.25) is 14.5 Å². The molecule has 3 aromatic rings. The second-order valence-electron chi connectivity index (χ2n) is 6.30.